The van der Waals surface area contributed by atoms with E-state index in [-0.39, 0.29) is 0 Å². The SMILES string of the molecule is CCCC[As](C=Cc1ccccc1)CCNCC. The molecule has 0 fully saturated rings. The van der Waals surface area contributed by atoms with Crippen molar-refractivity contribution >= 4 is 20.7 Å². The maximum absolute atomic E-state index is 3.46. The topological polar surface area (TPSA) is 12.0 Å². The van der Waals surface area contributed by atoms with Crippen molar-refractivity contribution in [1.29, 1.82) is 0 Å². The van der Waals surface area contributed by atoms with E-state index in [4.69, 9.17) is 0 Å². The number of hydrogen-bond donors (Lipinski definition) is 1. The molecule has 0 aliphatic carbocycles. The first-order valence-corrected chi connectivity index (χ1v) is 10.8. The molecule has 0 saturated heterocycles. The molecule has 0 bridgehead atoms. The molecule has 1 aromatic rings. The van der Waals surface area contributed by atoms with Crippen LogP contribution in [0.15, 0.2) is 35.2 Å². The maximum atomic E-state index is 3.46. The summed E-state index contributed by atoms with van der Waals surface area (Å²) in [6.45, 7) is 6.76. The summed E-state index contributed by atoms with van der Waals surface area (Å²) in [6.07, 6.45) is 5.05. The molecule has 1 unspecified atom stereocenters. The van der Waals surface area contributed by atoms with Gasteiger partial charge >= 0.3 is 117 Å². The van der Waals surface area contributed by atoms with Crippen molar-refractivity contribution in [2.75, 3.05) is 13.1 Å². The number of hydrogen-bond acceptors (Lipinski definition) is 1. The van der Waals surface area contributed by atoms with E-state index >= 15 is 0 Å². The van der Waals surface area contributed by atoms with Crippen LogP contribution in [-0.2, 0) is 0 Å². The molecule has 1 atom stereocenters. The fraction of sp³-hybridized carbons (Fsp3) is 0.500. The summed E-state index contributed by atoms with van der Waals surface area (Å²) in [6, 6.07) is 10.7. The summed E-state index contributed by atoms with van der Waals surface area (Å²) in [5, 5.41) is 6.31. The summed E-state index contributed by atoms with van der Waals surface area (Å²) < 4.78 is 0. The van der Waals surface area contributed by atoms with Crippen molar-refractivity contribution in [3.63, 3.8) is 0 Å². The molecule has 0 spiro atoms. The minimum atomic E-state index is -0.766. The second-order valence-corrected chi connectivity index (χ2v) is 9.44. The normalized spacial score (nSPS) is 13.0. The summed E-state index contributed by atoms with van der Waals surface area (Å²) in [7, 11) is 0. The van der Waals surface area contributed by atoms with Gasteiger partial charge in [0.15, 0.2) is 0 Å². The van der Waals surface area contributed by atoms with Crippen molar-refractivity contribution in [3.05, 3.63) is 40.8 Å². The van der Waals surface area contributed by atoms with Crippen LogP contribution < -0.4 is 5.32 Å². The Bertz CT molecular complexity index is 321. The van der Waals surface area contributed by atoms with Crippen molar-refractivity contribution < 1.29 is 0 Å². The molecule has 0 saturated carbocycles. The first-order chi connectivity index (χ1) is 8.86. The van der Waals surface area contributed by atoms with E-state index < -0.39 is 14.7 Å². The van der Waals surface area contributed by atoms with Crippen LogP contribution in [0.5, 0.6) is 0 Å². The summed E-state index contributed by atoms with van der Waals surface area (Å²) >= 11 is -0.766. The van der Waals surface area contributed by atoms with Gasteiger partial charge in [-0.1, -0.05) is 0 Å². The third-order valence-corrected chi connectivity index (χ3v) is 7.64. The van der Waals surface area contributed by atoms with Crippen LogP contribution in [-0.4, -0.2) is 27.7 Å². The standard InChI is InChI=1S/C16H26AsN/c1-3-5-12-17(14-15-18-4-2)13-11-16-9-7-6-8-10-16/h6-11,13,18H,3-5,12,14-15H2,1-2H3. The van der Waals surface area contributed by atoms with E-state index in [9.17, 15) is 0 Å². The Labute approximate surface area is 117 Å². The predicted molar refractivity (Wildman–Crippen MR) is 84.3 cm³/mol. The molecule has 0 amide bonds. The Morgan fingerprint density at radius 3 is 2.56 bits per heavy atom. The third kappa shape index (κ3) is 7.03. The Morgan fingerprint density at radius 1 is 1.11 bits per heavy atom. The molecule has 18 heavy (non-hydrogen) atoms. The van der Waals surface area contributed by atoms with Crippen molar-refractivity contribution in [1.82, 2.24) is 5.32 Å². The second kappa shape index (κ2) is 10.4. The number of rotatable bonds is 9. The van der Waals surface area contributed by atoms with Gasteiger partial charge in [0, 0.05) is 0 Å². The second-order valence-electron chi connectivity index (χ2n) is 4.47. The predicted octanol–water partition coefficient (Wildman–Crippen LogP) is 4.14. The molecule has 0 heterocycles. The van der Waals surface area contributed by atoms with E-state index in [0.717, 1.165) is 6.54 Å². The molecule has 1 nitrogen and oxygen atoms in total. The van der Waals surface area contributed by atoms with E-state index in [2.05, 4.69) is 60.4 Å². The quantitative estimate of drug-likeness (QED) is 0.534. The molecular weight excluding hydrogens is 281 g/mol. The van der Waals surface area contributed by atoms with Crippen molar-refractivity contribution in [2.45, 2.75) is 37.1 Å². The summed E-state index contributed by atoms with van der Waals surface area (Å²) in [4.78, 5) is 2.54. The molecule has 0 aromatic heterocycles. The zero-order valence-electron chi connectivity index (χ0n) is 11.7. The van der Waals surface area contributed by atoms with Crippen LogP contribution >= 0.6 is 0 Å². The van der Waals surface area contributed by atoms with Gasteiger partial charge in [-0.3, -0.25) is 0 Å². The summed E-state index contributed by atoms with van der Waals surface area (Å²) in [5.74, 6) is 0. The van der Waals surface area contributed by atoms with E-state index in [1.807, 2.05) is 0 Å². The van der Waals surface area contributed by atoms with E-state index in [1.165, 1.54) is 35.4 Å². The van der Waals surface area contributed by atoms with Crippen LogP contribution in [0, 0.1) is 0 Å². The summed E-state index contributed by atoms with van der Waals surface area (Å²) in [5.41, 5.74) is 1.34. The van der Waals surface area contributed by atoms with Crippen molar-refractivity contribution in [3.8, 4) is 0 Å². The average molecular weight is 307 g/mol. The van der Waals surface area contributed by atoms with Gasteiger partial charge in [0.25, 0.3) is 0 Å². The van der Waals surface area contributed by atoms with Gasteiger partial charge in [-0.2, -0.15) is 0 Å². The molecule has 2 heteroatoms. The Hall–Kier alpha value is -0.522. The van der Waals surface area contributed by atoms with Crippen LogP contribution in [0.4, 0.5) is 0 Å². The Morgan fingerprint density at radius 2 is 1.89 bits per heavy atom. The molecule has 0 radical (unpaired) electrons. The van der Waals surface area contributed by atoms with Gasteiger partial charge in [0.1, 0.15) is 0 Å². The number of nitrogens with one attached hydrogen (secondary N) is 1. The average Bonchev–Trinajstić information content (AvgIpc) is 2.42. The van der Waals surface area contributed by atoms with Crippen LogP contribution in [0.25, 0.3) is 6.08 Å². The van der Waals surface area contributed by atoms with E-state index in [1.54, 1.807) is 0 Å². The Balaban J connectivity index is 2.46. The van der Waals surface area contributed by atoms with Gasteiger partial charge < -0.3 is 0 Å². The number of benzene rings is 1. The third-order valence-electron chi connectivity index (χ3n) is 2.90. The van der Waals surface area contributed by atoms with Crippen LogP contribution in [0.1, 0.15) is 32.3 Å². The fourth-order valence-corrected chi connectivity index (χ4v) is 6.13. The Kier molecular flexibility index (Phi) is 8.98. The molecule has 0 aliphatic heterocycles. The molecular formula is C16H26AsN. The molecule has 1 rings (SSSR count). The van der Waals surface area contributed by atoms with E-state index in [0.29, 0.717) is 0 Å². The van der Waals surface area contributed by atoms with Gasteiger partial charge in [0.05, 0.1) is 0 Å². The first-order valence-electron chi connectivity index (χ1n) is 7.04. The van der Waals surface area contributed by atoms with Crippen LogP contribution in [0.2, 0.25) is 10.4 Å². The minimum absolute atomic E-state index is 0.766. The van der Waals surface area contributed by atoms with Crippen LogP contribution in [0.3, 0.4) is 0 Å². The number of unbranched alkanes of at least 4 members (excludes halogenated alkanes) is 1. The zero-order chi connectivity index (χ0) is 13.1. The molecule has 1 aromatic carbocycles. The molecule has 1 N–H and O–H groups in total. The van der Waals surface area contributed by atoms with Gasteiger partial charge in [0.2, 0.25) is 0 Å². The first kappa shape index (κ1) is 15.5. The van der Waals surface area contributed by atoms with Gasteiger partial charge in [-0.05, 0) is 0 Å². The zero-order valence-corrected chi connectivity index (χ0v) is 13.6. The van der Waals surface area contributed by atoms with Gasteiger partial charge in [-0.25, -0.2) is 0 Å². The van der Waals surface area contributed by atoms with Gasteiger partial charge in [-0.15, -0.1) is 0 Å². The fourth-order valence-electron chi connectivity index (χ4n) is 1.78. The van der Waals surface area contributed by atoms with Crippen molar-refractivity contribution in [2.24, 2.45) is 0 Å². The monoisotopic (exact) mass is 307 g/mol. The molecule has 0 aliphatic rings. The molecule has 100 valence electrons.